The lowest BCUT2D eigenvalue weighted by Crippen LogP contribution is -2.36. The smallest absolute Gasteiger partial charge is 0.349 e. The van der Waals surface area contributed by atoms with Crippen molar-refractivity contribution >= 4 is 34.8 Å². The number of nitrogens with zero attached hydrogens (tertiary/aromatic N) is 3. The van der Waals surface area contributed by atoms with E-state index in [4.69, 9.17) is 10.00 Å². The molecule has 1 saturated heterocycles. The molecule has 0 spiro atoms. The summed E-state index contributed by atoms with van der Waals surface area (Å²) in [5.41, 5.74) is 1.32. The SMILES string of the molecule is CCn1c(=O)/c(=C\Nc2cccc(CCCN3CCOCC3)c2)s/c1=C(/C#N)C(=O)O. The highest BCUT2D eigenvalue weighted by atomic mass is 32.1. The summed E-state index contributed by atoms with van der Waals surface area (Å²) in [5.74, 6) is -1.34. The Morgan fingerprint density at radius 2 is 2.16 bits per heavy atom. The van der Waals surface area contributed by atoms with E-state index in [0.717, 1.165) is 62.7 Å². The maximum atomic E-state index is 12.6. The Balaban J connectivity index is 1.74. The van der Waals surface area contributed by atoms with Crippen molar-refractivity contribution < 1.29 is 14.6 Å². The van der Waals surface area contributed by atoms with Crippen molar-refractivity contribution in [2.75, 3.05) is 38.2 Å². The molecular weight excluding hydrogens is 416 g/mol. The second kappa shape index (κ2) is 10.9. The lowest BCUT2D eigenvalue weighted by Gasteiger charge is -2.26. The number of nitriles is 1. The second-order valence-corrected chi connectivity index (χ2v) is 8.19. The van der Waals surface area contributed by atoms with Crippen LogP contribution in [0.15, 0.2) is 29.1 Å². The van der Waals surface area contributed by atoms with Crippen LogP contribution in [0.25, 0.3) is 11.8 Å². The molecule has 3 rings (SSSR count). The van der Waals surface area contributed by atoms with Gasteiger partial charge in [0.15, 0.2) is 5.57 Å². The zero-order valence-electron chi connectivity index (χ0n) is 17.5. The molecule has 9 heteroatoms. The van der Waals surface area contributed by atoms with Crippen LogP contribution in [0.3, 0.4) is 0 Å². The summed E-state index contributed by atoms with van der Waals surface area (Å²) in [7, 11) is 0. The largest absolute Gasteiger partial charge is 0.477 e. The first kappa shape index (κ1) is 22.7. The van der Waals surface area contributed by atoms with Crippen molar-refractivity contribution in [1.29, 1.82) is 5.26 Å². The maximum absolute atomic E-state index is 12.6. The van der Waals surface area contributed by atoms with Crippen LogP contribution in [0, 0.1) is 11.3 Å². The number of aryl methyl sites for hydroxylation is 1. The van der Waals surface area contributed by atoms with Gasteiger partial charge in [-0.3, -0.25) is 14.3 Å². The average Bonchev–Trinajstić information content (AvgIpc) is 3.08. The minimum Gasteiger partial charge on any atom is -0.477 e. The summed E-state index contributed by atoms with van der Waals surface area (Å²) < 4.78 is 7.20. The maximum Gasteiger partial charge on any atom is 0.349 e. The Labute approximate surface area is 184 Å². The third kappa shape index (κ3) is 5.82. The minimum atomic E-state index is -1.34. The summed E-state index contributed by atoms with van der Waals surface area (Å²) in [6.07, 6.45) is 3.59. The van der Waals surface area contributed by atoms with Gasteiger partial charge in [-0.15, -0.1) is 11.3 Å². The van der Waals surface area contributed by atoms with Crippen molar-refractivity contribution in [3.8, 4) is 6.07 Å². The van der Waals surface area contributed by atoms with Crippen molar-refractivity contribution in [2.45, 2.75) is 26.3 Å². The van der Waals surface area contributed by atoms with E-state index >= 15 is 0 Å². The Kier molecular flexibility index (Phi) is 8.00. The zero-order valence-corrected chi connectivity index (χ0v) is 18.3. The highest BCUT2D eigenvalue weighted by Gasteiger charge is 2.14. The Bertz CT molecular complexity index is 1140. The van der Waals surface area contributed by atoms with Crippen molar-refractivity contribution in [2.24, 2.45) is 0 Å². The molecule has 2 aromatic rings. The lowest BCUT2D eigenvalue weighted by molar-refractivity contribution is -0.130. The van der Waals surface area contributed by atoms with E-state index in [9.17, 15) is 14.7 Å². The lowest BCUT2D eigenvalue weighted by atomic mass is 10.1. The number of aliphatic carboxylic acids is 1. The van der Waals surface area contributed by atoms with Gasteiger partial charge in [-0.05, 0) is 44.0 Å². The number of benzene rings is 1. The van der Waals surface area contributed by atoms with Crippen molar-refractivity contribution in [3.05, 3.63) is 49.4 Å². The Morgan fingerprint density at radius 3 is 2.84 bits per heavy atom. The van der Waals surface area contributed by atoms with Gasteiger partial charge in [0.25, 0.3) is 5.56 Å². The molecule has 2 N–H and O–H groups in total. The fourth-order valence-electron chi connectivity index (χ4n) is 3.48. The molecule has 1 aromatic heterocycles. The number of rotatable bonds is 8. The van der Waals surface area contributed by atoms with E-state index in [1.54, 1.807) is 19.2 Å². The summed E-state index contributed by atoms with van der Waals surface area (Å²) >= 11 is 1.00. The fraction of sp³-hybridized carbons (Fsp3) is 0.409. The highest BCUT2D eigenvalue weighted by molar-refractivity contribution is 7.07. The third-order valence-electron chi connectivity index (χ3n) is 5.10. The number of ether oxygens (including phenoxy) is 1. The molecule has 0 saturated carbocycles. The van der Waals surface area contributed by atoms with Gasteiger partial charge < -0.3 is 15.2 Å². The van der Waals surface area contributed by atoms with E-state index < -0.39 is 11.5 Å². The van der Waals surface area contributed by atoms with Gasteiger partial charge in [0.1, 0.15) is 15.3 Å². The molecule has 1 aliphatic rings. The van der Waals surface area contributed by atoms with Gasteiger partial charge in [-0.1, -0.05) is 12.1 Å². The third-order valence-corrected chi connectivity index (χ3v) is 6.23. The molecule has 1 fully saturated rings. The number of thiazole rings is 1. The van der Waals surface area contributed by atoms with E-state index in [-0.39, 0.29) is 16.8 Å². The summed E-state index contributed by atoms with van der Waals surface area (Å²) in [4.78, 5) is 26.3. The predicted octanol–water partition coefficient (Wildman–Crippen LogP) is 0.803. The molecule has 1 aliphatic heterocycles. The average molecular weight is 443 g/mol. The fourth-order valence-corrected chi connectivity index (χ4v) is 4.56. The summed E-state index contributed by atoms with van der Waals surface area (Å²) in [6.45, 7) is 6.66. The number of carbonyl (C=O) groups is 1. The number of carboxylic acid groups (broad SMARTS) is 1. The first-order chi connectivity index (χ1) is 15.0. The second-order valence-electron chi connectivity index (χ2n) is 7.16. The van der Waals surface area contributed by atoms with Crippen LogP contribution in [0.1, 0.15) is 18.9 Å². The zero-order chi connectivity index (χ0) is 22.2. The van der Waals surface area contributed by atoms with Crippen LogP contribution in [0.2, 0.25) is 0 Å². The number of anilines is 1. The van der Waals surface area contributed by atoms with Gasteiger partial charge in [0, 0.05) is 31.5 Å². The first-order valence-corrected chi connectivity index (χ1v) is 11.1. The van der Waals surface area contributed by atoms with Crippen LogP contribution >= 0.6 is 11.3 Å². The number of morpholine rings is 1. The van der Waals surface area contributed by atoms with Gasteiger partial charge in [-0.2, -0.15) is 5.26 Å². The molecule has 164 valence electrons. The molecule has 0 atom stereocenters. The molecule has 0 aliphatic carbocycles. The molecule has 0 unspecified atom stereocenters. The number of nitrogens with one attached hydrogen (secondary N) is 1. The molecule has 0 bridgehead atoms. The molecule has 1 aromatic carbocycles. The van der Waals surface area contributed by atoms with E-state index in [1.807, 2.05) is 18.2 Å². The van der Waals surface area contributed by atoms with Crippen molar-refractivity contribution in [3.63, 3.8) is 0 Å². The van der Waals surface area contributed by atoms with E-state index in [2.05, 4.69) is 16.3 Å². The van der Waals surface area contributed by atoms with E-state index in [0.29, 0.717) is 4.53 Å². The minimum absolute atomic E-state index is 0.160. The number of carboxylic acids is 1. The van der Waals surface area contributed by atoms with Gasteiger partial charge in [0.2, 0.25) is 0 Å². The van der Waals surface area contributed by atoms with Crippen LogP contribution in [0.5, 0.6) is 0 Å². The molecule has 2 heterocycles. The Hall–Kier alpha value is -2.93. The summed E-state index contributed by atoms with van der Waals surface area (Å²) in [6, 6.07) is 9.70. The molecule has 8 nitrogen and oxygen atoms in total. The topological polar surface area (TPSA) is 108 Å². The van der Waals surface area contributed by atoms with Crippen LogP contribution in [0.4, 0.5) is 5.69 Å². The van der Waals surface area contributed by atoms with Crippen LogP contribution < -0.4 is 20.1 Å². The Morgan fingerprint density at radius 1 is 1.39 bits per heavy atom. The molecule has 31 heavy (non-hydrogen) atoms. The predicted molar refractivity (Wildman–Crippen MR) is 120 cm³/mol. The summed E-state index contributed by atoms with van der Waals surface area (Å²) in [5, 5.41) is 21.5. The van der Waals surface area contributed by atoms with Crippen LogP contribution in [-0.2, 0) is 22.5 Å². The van der Waals surface area contributed by atoms with Crippen molar-refractivity contribution in [1.82, 2.24) is 9.47 Å². The van der Waals surface area contributed by atoms with Gasteiger partial charge in [0.05, 0.1) is 13.2 Å². The number of aromatic nitrogens is 1. The first-order valence-electron chi connectivity index (χ1n) is 10.3. The standard InChI is InChI=1S/C22H26N4O4S/c1-2-26-20(27)19(31-21(26)18(14-23)22(28)29)15-24-17-7-3-5-16(13-17)6-4-8-25-9-11-30-12-10-25/h3,5,7,13,15,24H,2,4,6,8-12H2,1H3,(H,28,29)/b19-15+,21-18-. The van der Waals surface area contributed by atoms with Gasteiger partial charge >= 0.3 is 5.97 Å². The van der Waals surface area contributed by atoms with Gasteiger partial charge in [-0.25, -0.2) is 4.79 Å². The normalized spacial score (nSPS) is 16.1. The number of hydrogen-bond acceptors (Lipinski definition) is 7. The molecular formula is C22H26N4O4S. The monoisotopic (exact) mass is 442 g/mol. The molecule has 0 radical (unpaired) electrons. The van der Waals surface area contributed by atoms with Crippen LogP contribution in [-0.4, -0.2) is 53.4 Å². The quantitative estimate of drug-likeness (QED) is 0.623. The highest BCUT2D eigenvalue weighted by Crippen LogP contribution is 2.13. The molecule has 0 amide bonds. The number of hydrogen-bond donors (Lipinski definition) is 2. The van der Waals surface area contributed by atoms with E-state index in [1.165, 1.54) is 10.1 Å².